The van der Waals surface area contributed by atoms with Crippen LogP contribution in [0, 0.1) is 0 Å². The van der Waals surface area contributed by atoms with Crippen LogP contribution in [0.2, 0.25) is 0 Å². The number of nitrogens with zero attached hydrogens (tertiary/aromatic N) is 1. The number of amides is 3. The first kappa shape index (κ1) is 15.6. The van der Waals surface area contributed by atoms with E-state index in [2.05, 4.69) is 10.6 Å². The monoisotopic (exact) mass is 317 g/mol. The largest absolute Gasteiger partial charge is 0.439 e. The van der Waals surface area contributed by atoms with Gasteiger partial charge in [-0.2, -0.15) is 0 Å². The highest BCUT2D eigenvalue weighted by Crippen LogP contribution is 2.25. The number of carbonyl (C=O) groups is 2. The third-order valence-electron chi connectivity index (χ3n) is 4.42. The van der Waals surface area contributed by atoms with Gasteiger partial charge in [0.25, 0.3) is 0 Å². The molecule has 6 nitrogen and oxygen atoms in total. The second-order valence-corrected chi connectivity index (χ2v) is 6.11. The van der Waals surface area contributed by atoms with Crippen LogP contribution in [0.1, 0.15) is 37.4 Å². The predicted molar refractivity (Wildman–Crippen MR) is 86.0 cm³/mol. The van der Waals surface area contributed by atoms with E-state index in [0.717, 1.165) is 18.4 Å². The summed E-state index contributed by atoms with van der Waals surface area (Å²) in [6.07, 6.45) is 3.94. The Morgan fingerprint density at radius 1 is 1.22 bits per heavy atom. The second-order valence-electron chi connectivity index (χ2n) is 6.11. The molecule has 1 atom stereocenters. The zero-order valence-electron chi connectivity index (χ0n) is 13.2. The van der Waals surface area contributed by atoms with Gasteiger partial charge in [-0.1, -0.05) is 43.2 Å². The average Bonchev–Trinajstić information content (AvgIpc) is 3.18. The molecule has 0 bridgehead atoms. The van der Waals surface area contributed by atoms with Gasteiger partial charge >= 0.3 is 12.1 Å². The number of urea groups is 1. The van der Waals surface area contributed by atoms with Crippen molar-refractivity contribution in [2.45, 2.75) is 37.8 Å². The van der Waals surface area contributed by atoms with E-state index in [1.54, 1.807) is 4.90 Å². The molecule has 1 aromatic rings. The van der Waals surface area contributed by atoms with Gasteiger partial charge in [0.05, 0.1) is 6.54 Å². The standard InChI is InChI=1S/C17H23N3O3/c21-16(19-14-8-4-5-9-14)18-10-11-20-12-15(23-17(20)22)13-6-2-1-3-7-13/h1-3,6-7,14-15H,4-5,8-12H2,(H2,18,19,21). The molecule has 3 rings (SSSR count). The molecule has 2 N–H and O–H groups in total. The molecule has 1 saturated carbocycles. The summed E-state index contributed by atoms with van der Waals surface area (Å²) in [7, 11) is 0. The van der Waals surface area contributed by atoms with Crippen LogP contribution < -0.4 is 10.6 Å². The van der Waals surface area contributed by atoms with Crippen molar-refractivity contribution in [2.75, 3.05) is 19.6 Å². The Morgan fingerprint density at radius 2 is 1.96 bits per heavy atom. The minimum absolute atomic E-state index is 0.149. The number of benzene rings is 1. The van der Waals surface area contributed by atoms with Gasteiger partial charge in [-0.25, -0.2) is 9.59 Å². The molecule has 1 aromatic carbocycles. The van der Waals surface area contributed by atoms with E-state index < -0.39 is 0 Å². The van der Waals surface area contributed by atoms with Crippen molar-refractivity contribution >= 4 is 12.1 Å². The Morgan fingerprint density at radius 3 is 2.70 bits per heavy atom. The molecule has 0 spiro atoms. The smallest absolute Gasteiger partial charge is 0.410 e. The second kappa shape index (κ2) is 7.35. The molecule has 124 valence electrons. The van der Waals surface area contributed by atoms with Gasteiger partial charge in [-0.05, 0) is 18.4 Å². The van der Waals surface area contributed by atoms with Crippen LogP contribution in [-0.4, -0.2) is 42.7 Å². The third kappa shape index (κ3) is 4.15. The van der Waals surface area contributed by atoms with Crippen molar-refractivity contribution in [1.29, 1.82) is 0 Å². The highest BCUT2D eigenvalue weighted by atomic mass is 16.6. The lowest BCUT2D eigenvalue weighted by Gasteiger charge is -2.15. The van der Waals surface area contributed by atoms with Crippen LogP contribution >= 0.6 is 0 Å². The van der Waals surface area contributed by atoms with Gasteiger partial charge < -0.3 is 20.3 Å². The quantitative estimate of drug-likeness (QED) is 0.876. The highest BCUT2D eigenvalue weighted by molar-refractivity contribution is 5.74. The fraction of sp³-hybridized carbons (Fsp3) is 0.529. The van der Waals surface area contributed by atoms with Crippen molar-refractivity contribution in [3.05, 3.63) is 35.9 Å². The summed E-state index contributed by atoms with van der Waals surface area (Å²) in [4.78, 5) is 25.3. The molecule has 1 unspecified atom stereocenters. The van der Waals surface area contributed by atoms with E-state index in [0.29, 0.717) is 25.7 Å². The Balaban J connectivity index is 1.40. The Bertz CT molecular complexity index is 543. The Hall–Kier alpha value is -2.24. The van der Waals surface area contributed by atoms with Crippen molar-refractivity contribution in [1.82, 2.24) is 15.5 Å². The first-order chi connectivity index (χ1) is 11.2. The maximum Gasteiger partial charge on any atom is 0.410 e. The van der Waals surface area contributed by atoms with Crippen LogP contribution in [0.25, 0.3) is 0 Å². The number of hydrogen-bond acceptors (Lipinski definition) is 3. The van der Waals surface area contributed by atoms with Crippen molar-refractivity contribution in [2.24, 2.45) is 0 Å². The van der Waals surface area contributed by atoms with Crippen LogP contribution in [0.4, 0.5) is 9.59 Å². The average molecular weight is 317 g/mol. The van der Waals surface area contributed by atoms with Gasteiger partial charge in [-0.15, -0.1) is 0 Å². The van der Waals surface area contributed by atoms with Gasteiger partial charge in [0, 0.05) is 19.1 Å². The molecular formula is C17H23N3O3. The zero-order chi connectivity index (χ0) is 16.1. The van der Waals surface area contributed by atoms with Crippen LogP contribution in [0.3, 0.4) is 0 Å². The molecule has 0 aromatic heterocycles. The Labute approximate surface area is 136 Å². The summed E-state index contributed by atoms with van der Waals surface area (Å²) in [6.45, 7) is 1.41. The summed E-state index contributed by atoms with van der Waals surface area (Å²) >= 11 is 0. The number of hydrogen-bond donors (Lipinski definition) is 2. The minimum Gasteiger partial charge on any atom is -0.439 e. The fourth-order valence-corrected chi connectivity index (χ4v) is 3.14. The number of rotatable bonds is 5. The van der Waals surface area contributed by atoms with Gasteiger partial charge in [0.15, 0.2) is 0 Å². The van der Waals surface area contributed by atoms with Crippen LogP contribution in [0.5, 0.6) is 0 Å². The SMILES string of the molecule is O=C(NCCN1CC(c2ccccc2)OC1=O)NC1CCCC1. The number of ether oxygens (including phenoxy) is 1. The molecule has 1 saturated heterocycles. The lowest BCUT2D eigenvalue weighted by molar-refractivity contribution is 0.133. The lowest BCUT2D eigenvalue weighted by atomic mass is 10.1. The summed E-state index contributed by atoms with van der Waals surface area (Å²) in [5.74, 6) is 0. The topological polar surface area (TPSA) is 70.7 Å². The van der Waals surface area contributed by atoms with Crippen LogP contribution in [0.15, 0.2) is 30.3 Å². The van der Waals surface area contributed by atoms with E-state index in [4.69, 9.17) is 4.74 Å². The predicted octanol–water partition coefficient (Wildman–Crippen LogP) is 2.42. The maximum absolute atomic E-state index is 11.9. The first-order valence-electron chi connectivity index (χ1n) is 8.27. The molecule has 2 fully saturated rings. The summed E-state index contributed by atoms with van der Waals surface area (Å²) in [6, 6.07) is 9.86. The molecule has 1 heterocycles. The van der Waals surface area contributed by atoms with Gasteiger partial charge in [0.2, 0.25) is 0 Å². The highest BCUT2D eigenvalue weighted by Gasteiger charge is 2.31. The molecule has 0 radical (unpaired) electrons. The van der Waals surface area contributed by atoms with E-state index in [1.807, 2.05) is 30.3 Å². The number of carbonyl (C=O) groups excluding carboxylic acids is 2. The molecular weight excluding hydrogens is 294 g/mol. The maximum atomic E-state index is 11.9. The van der Waals surface area contributed by atoms with Crippen molar-refractivity contribution in [3.63, 3.8) is 0 Å². The third-order valence-corrected chi connectivity index (χ3v) is 4.42. The summed E-state index contributed by atoms with van der Waals surface area (Å²) < 4.78 is 5.38. The normalized spacial score (nSPS) is 21.3. The van der Waals surface area contributed by atoms with Crippen molar-refractivity contribution < 1.29 is 14.3 Å². The summed E-state index contributed by atoms with van der Waals surface area (Å²) in [5.41, 5.74) is 0.996. The molecule has 2 aliphatic rings. The molecule has 1 aliphatic heterocycles. The van der Waals surface area contributed by atoms with E-state index in [-0.39, 0.29) is 18.2 Å². The Kier molecular flexibility index (Phi) is 5.00. The van der Waals surface area contributed by atoms with Crippen LogP contribution in [-0.2, 0) is 4.74 Å². The lowest BCUT2D eigenvalue weighted by Crippen LogP contribution is -2.43. The van der Waals surface area contributed by atoms with Gasteiger partial charge in [-0.3, -0.25) is 0 Å². The zero-order valence-corrected chi connectivity index (χ0v) is 13.2. The fourth-order valence-electron chi connectivity index (χ4n) is 3.14. The number of cyclic esters (lactones) is 1. The summed E-state index contributed by atoms with van der Waals surface area (Å²) in [5, 5.41) is 5.78. The molecule has 23 heavy (non-hydrogen) atoms. The molecule has 3 amide bonds. The van der Waals surface area contributed by atoms with Crippen molar-refractivity contribution in [3.8, 4) is 0 Å². The molecule has 6 heteroatoms. The van der Waals surface area contributed by atoms with E-state index in [9.17, 15) is 9.59 Å². The first-order valence-corrected chi connectivity index (χ1v) is 8.27. The van der Waals surface area contributed by atoms with E-state index >= 15 is 0 Å². The van der Waals surface area contributed by atoms with E-state index in [1.165, 1.54) is 12.8 Å². The molecule has 1 aliphatic carbocycles. The van der Waals surface area contributed by atoms with Gasteiger partial charge in [0.1, 0.15) is 6.10 Å². The minimum atomic E-state index is -0.322. The number of nitrogens with one attached hydrogen (secondary N) is 2.